The molecule has 3 aromatic rings. The van der Waals surface area contributed by atoms with Crippen LogP contribution in [-0.4, -0.2) is 12.1 Å². The lowest BCUT2D eigenvalue weighted by Crippen LogP contribution is -1.99. The van der Waals surface area contributed by atoms with Gasteiger partial charge in [-0.05, 0) is 42.5 Å². The van der Waals surface area contributed by atoms with Crippen molar-refractivity contribution in [3.05, 3.63) is 64.8 Å². The van der Waals surface area contributed by atoms with Crippen LogP contribution in [0.1, 0.15) is 5.56 Å². The summed E-state index contributed by atoms with van der Waals surface area (Å²) in [4.78, 5) is 4.33. The van der Waals surface area contributed by atoms with Crippen molar-refractivity contribution >= 4 is 26.8 Å². The van der Waals surface area contributed by atoms with Crippen LogP contribution in [0.2, 0.25) is 0 Å². The largest absolute Gasteiger partial charge is 0.496 e. The van der Waals surface area contributed by atoms with Crippen LogP contribution in [0.15, 0.2) is 59.2 Å². The van der Waals surface area contributed by atoms with E-state index in [1.54, 1.807) is 13.3 Å². The standard InChI is InChI=1S/C17H14BrNO2/c1-20-16-8-7-13(18)10-12(16)11-21-17-6-2-5-15-14(17)4-3-9-19-15/h2-10H,11H2,1H3. The molecule has 0 radical (unpaired) electrons. The molecule has 0 saturated carbocycles. The first-order chi connectivity index (χ1) is 10.3. The monoisotopic (exact) mass is 343 g/mol. The highest BCUT2D eigenvalue weighted by Crippen LogP contribution is 2.27. The smallest absolute Gasteiger partial charge is 0.129 e. The summed E-state index contributed by atoms with van der Waals surface area (Å²) in [6, 6.07) is 15.7. The van der Waals surface area contributed by atoms with Crippen LogP contribution in [0, 0.1) is 0 Å². The van der Waals surface area contributed by atoms with Crippen molar-refractivity contribution in [3.8, 4) is 11.5 Å². The van der Waals surface area contributed by atoms with Crippen molar-refractivity contribution in [1.29, 1.82) is 0 Å². The molecule has 0 amide bonds. The summed E-state index contributed by atoms with van der Waals surface area (Å²) in [7, 11) is 1.66. The SMILES string of the molecule is COc1ccc(Br)cc1COc1cccc2ncccc12. The molecule has 1 heterocycles. The number of hydrogen-bond acceptors (Lipinski definition) is 3. The van der Waals surface area contributed by atoms with Crippen LogP contribution in [-0.2, 0) is 6.61 Å². The Morgan fingerprint density at radius 2 is 1.95 bits per heavy atom. The predicted molar refractivity (Wildman–Crippen MR) is 86.8 cm³/mol. The second-order valence-electron chi connectivity index (χ2n) is 4.57. The predicted octanol–water partition coefficient (Wildman–Crippen LogP) is 4.58. The topological polar surface area (TPSA) is 31.4 Å². The molecule has 0 fully saturated rings. The average molecular weight is 344 g/mol. The third kappa shape index (κ3) is 3.00. The second kappa shape index (κ2) is 6.14. The highest BCUT2D eigenvalue weighted by molar-refractivity contribution is 9.10. The van der Waals surface area contributed by atoms with Crippen molar-refractivity contribution in [2.24, 2.45) is 0 Å². The van der Waals surface area contributed by atoms with Crippen LogP contribution < -0.4 is 9.47 Å². The van der Waals surface area contributed by atoms with Crippen LogP contribution in [0.25, 0.3) is 10.9 Å². The Balaban J connectivity index is 1.89. The zero-order chi connectivity index (χ0) is 14.7. The summed E-state index contributed by atoms with van der Waals surface area (Å²) in [5.41, 5.74) is 1.92. The minimum Gasteiger partial charge on any atom is -0.496 e. The Labute approximate surface area is 131 Å². The molecule has 21 heavy (non-hydrogen) atoms. The molecular weight excluding hydrogens is 330 g/mol. The molecule has 0 aliphatic rings. The average Bonchev–Trinajstić information content (AvgIpc) is 2.53. The third-order valence-corrected chi connectivity index (χ3v) is 3.72. The van der Waals surface area contributed by atoms with E-state index in [2.05, 4.69) is 20.9 Å². The van der Waals surface area contributed by atoms with Gasteiger partial charge in [-0.25, -0.2) is 0 Å². The Bertz CT molecular complexity index is 768. The van der Waals surface area contributed by atoms with Crippen molar-refractivity contribution in [2.45, 2.75) is 6.61 Å². The quantitative estimate of drug-likeness (QED) is 0.694. The maximum atomic E-state index is 5.96. The van der Waals surface area contributed by atoms with E-state index in [0.29, 0.717) is 6.61 Å². The summed E-state index contributed by atoms with van der Waals surface area (Å²) in [6.45, 7) is 0.441. The minimum absolute atomic E-state index is 0.441. The van der Waals surface area contributed by atoms with E-state index in [4.69, 9.17) is 9.47 Å². The maximum absolute atomic E-state index is 5.96. The number of benzene rings is 2. The van der Waals surface area contributed by atoms with E-state index in [-0.39, 0.29) is 0 Å². The highest BCUT2D eigenvalue weighted by atomic mass is 79.9. The van der Waals surface area contributed by atoms with Crippen molar-refractivity contribution < 1.29 is 9.47 Å². The Hall–Kier alpha value is -2.07. The molecule has 0 unspecified atom stereocenters. The lowest BCUT2D eigenvalue weighted by Gasteiger charge is -2.12. The van der Waals surface area contributed by atoms with Gasteiger partial charge in [0.2, 0.25) is 0 Å². The number of pyridine rings is 1. The van der Waals surface area contributed by atoms with E-state index in [1.807, 2.05) is 48.5 Å². The lowest BCUT2D eigenvalue weighted by atomic mass is 10.2. The number of rotatable bonds is 4. The van der Waals surface area contributed by atoms with Gasteiger partial charge in [-0.3, -0.25) is 4.98 Å². The van der Waals surface area contributed by atoms with E-state index < -0.39 is 0 Å². The fourth-order valence-electron chi connectivity index (χ4n) is 2.22. The van der Waals surface area contributed by atoms with Gasteiger partial charge in [0, 0.05) is 21.6 Å². The molecule has 0 atom stereocenters. The van der Waals surface area contributed by atoms with E-state index >= 15 is 0 Å². The van der Waals surface area contributed by atoms with Gasteiger partial charge in [0.1, 0.15) is 18.1 Å². The minimum atomic E-state index is 0.441. The third-order valence-electron chi connectivity index (χ3n) is 3.23. The summed E-state index contributed by atoms with van der Waals surface area (Å²) in [6.07, 6.45) is 1.78. The van der Waals surface area contributed by atoms with Crippen LogP contribution in [0.5, 0.6) is 11.5 Å². The first-order valence-corrected chi connectivity index (χ1v) is 7.36. The van der Waals surface area contributed by atoms with Crippen LogP contribution in [0.4, 0.5) is 0 Å². The molecule has 0 bridgehead atoms. The molecule has 3 rings (SSSR count). The maximum Gasteiger partial charge on any atom is 0.129 e. The molecule has 4 heteroatoms. The van der Waals surface area contributed by atoms with Gasteiger partial charge in [-0.15, -0.1) is 0 Å². The van der Waals surface area contributed by atoms with Crippen LogP contribution in [0.3, 0.4) is 0 Å². The fraction of sp³-hybridized carbons (Fsp3) is 0.118. The lowest BCUT2D eigenvalue weighted by molar-refractivity contribution is 0.300. The molecule has 0 saturated heterocycles. The second-order valence-corrected chi connectivity index (χ2v) is 5.49. The Kier molecular flexibility index (Phi) is 4.06. The number of halogens is 1. The molecule has 3 nitrogen and oxygen atoms in total. The molecule has 0 spiro atoms. The van der Waals surface area contributed by atoms with Gasteiger partial charge in [0.15, 0.2) is 0 Å². The van der Waals surface area contributed by atoms with Gasteiger partial charge < -0.3 is 9.47 Å². The van der Waals surface area contributed by atoms with E-state index in [1.165, 1.54) is 0 Å². The molecule has 2 aromatic carbocycles. The molecule has 0 aliphatic heterocycles. The number of methoxy groups -OCH3 is 1. The number of nitrogens with zero attached hydrogens (tertiary/aromatic N) is 1. The number of fused-ring (bicyclic) bond motifs is 1. The zero-order valence-corrected chi connectivity index (χ0v) is 13.1. The number of ether oxygens (including phenoxy) is 2. The highest BCUT2D eigenvalue weighted by Gasteiger charge is 2.07. The summed E-state index contributed by atoms with van der Waals surface area (Å²) in [5, 5.41) is 1.01. The summed E-state index contributed by atoms with van der Waals surface area (Å²) in [5.74, 6) is 1.64. The van der Waals surface area contributed by atoms with Crippen molar-refractivity contribution in [2.75, 3.05) is 7.11 Å². The first kappa shape index (κ1) is 13.9. The number of hydrogen-bond donors (Lipinski definition) is 0. The van der Waals surface area contributed by atoms with Gasteiger partial charge in [0.25, 0.3) is 0 Å². The summed E-state index contributed by atoms with van der Waals surface area (Å²) < 4.78 is 12.3. The van der Waals surface area contributed by atoms with E-state index in [9.17, 15) is 0 Å². The fourth-order valence-corrected chi connectivity index (χ4v) is 2.62. The normalized spacial score (nSPS) is 10.6. The van der Waals surface area contributed by atoms with Gasteiger partial charge in [-0.1, -0.05) is 22.0 Å². The summed E-state index contributed by atoms with van der Waals surface area (Å²) >= 11 is 3.47. The first-order valence-electron chi connectivity index (χ1n) is 6.57. The van der Waals surface area contributed by atoms with Crippen LogP contribution >= 0.6 is 15.9 Å². The zero-order valence-electron chi connectivity index (χ0n) is 11.5. The van der Waals surface area contributed by atoms with Crippen molar-refractivity contribution in [1.82, 2.24) is 4.98 Å². The number of aromatic nitrogens is 1. The Morgan fingerprint density at radius 3 is 2.81 bits per heavy atom. The van der Waals surface area contributed by atoms with Gasteiger partial charge in [-0.2, -0.15) is 0 Å². The molecular formula is C17H14BrNO2. The van der Waals surface area contributed by atoms with Gasteiger partial charge >= 0.3 is 0 Å². The molecule has 0 N–H and O–H groups in total. The van der Waals surface area contributed by atoms with E-state index in [0.717, 1.165) is 32.4 Å². The van der Waals surface area contributed by atoms with Crippen molar-refractivity contribution in [3.63, 3.8) is 0 Å². The Morgan fingerprint density at radius 1 is 1.05 bits per heavy atom. The molecule has 0 aliphatic carbocycles. The molecule has 106 valence electrons. The molecule has 1 aromatic heterocycles. The van der Waals surface area contributed by atoms with Gasteiger partial charge in [0.05, 0.1) is 12.6 Å².